The number of thiophene rings is 1. The summed E-state index contributed by atoms with van der Waals surface area (Å²) in [5.41, 5.74) is 1.25. The molecule has 2 aliphatic rings. The van der Waals surface area contributed by atoms with E-state index in [2.05, 4.69) is 27.5 Å². The highest BCUT2D eigenvalue weighted by molar-refractivity contribution is 7.07. The average Bonchev–Trinajstić information content (AvgIpc) is 3.31. The number of hydrogen-bond donors (Lipinski definition) is 2. The Labute approximate surface area is 147 Å². The summed E-state index contributed by atoms with van der Waals surface area (Å²) in [7, 11) is 0. The molecule has 1 aromatic heterocycles. The predicted octanol–water partition coefficient (Wildman–Crippen LogP) is 1.79. The van der Waals surface area contributed by atoms with Gasteiger partial charge in [0.2, 0.25) is 11.8 Å². The molecule has 0 aliphatic carbocycles. The van der Waals surface area contributed by atoms with Gasteiger partial charge in [0, 0.05) is 26.1 Å². The van der Waals surface area contributed by atoms with Crippen molar-refractivity contribution in [1.29, 1.82) is 0 Å². The molecule has 2 N–H and O–H groups in total. The molecule has 2 aliphatic heterocycles. The smallest absolute Gasteiger partial charge is 0.237 e. The van der Waals surface area contributed by atoms with Gasteiger partial charge in [0.05, 0.1) is 6.04 Å². The lowest BCUT2D eigenvalue weighted by molar-refractivity contribution is -0.132. The van der Waals surface area contributed by atoms with E-state index in [4.69, 9.17) is 0 Å². The molecule has 0 aromatic carbocycles. The zero-order chi connectivity index (χ0) is 16.8. The van der Waals surface area contributed by atoms with Crippen LogP contribution in [0.5, 0.6) is 0 Å². The van der Waals surface area contributed by atoms with Gasteiger partial charge in [-0.25, -0.2) is 0 Å². The van der Waals surface area contributed by atoms with Crippen LogP contribution < -0.4 is 10.6 Å². The molecule has 3 heterocycles. The Morgan fingerprint density at radius 1 is 1.33 bits per heavy atom. The second-order valence-corrected chi connectivity index (χ2v) is 7.65. The first kappa shape index (κ1) is 17.4. The van der Waals surface area contributed by atoms with Crippen molar-refractivity contribution < 1.29 is 9.59 Å². The number of carbonyl (C=O) groups is 2. The van der Waals surface area contributed by atoms with Crippen LogP contribution in [0.4, 0.5) is 0 Å². The minimum Gasteiger partial charge on any atom is -0.354 e. The highest BCUT2D eigenvalue weighted by Crippen LogP contribution is 2.18. The molecule has 0 unspecified atom stereocenters. The molecule has 132 valence electrons. The fourth-order valence-corrected chi connectivity index (χ4v) is 4.28. The summed E-state index contributed by atoms with van der Waals surface area (Å²) in [6.07, 6.45) is 5.55. The monoisotopic (exact) mass is 349 g/mol. The second-order valence-electron chi connectivity index (χ2n) is 6.87. The van der Waals surface area contributed by atoms with E-state index in [1.54, 1.807) is 11.3 Å². The first-order valence-corrected chi connectivity index (χ1v) is 9.96. The molecule has 24 heavy (non-hydrogen) atoms. The first-order valence-electron chi connectivity index (χ1n) is 9.02. The molecule has 3 rings (SSSR count). The lowest BCUT2D eigenvalue weighted by atomic mass is 9.97. The minimum atomic E-state index is -0.0167. The van der Waals surface area contributed by atoms with Crippen molar-refractivity contribution in [3.05, 3.63) is 22.4 Å². The largest absolute Gasteiger partial charge is 0.354 e. The number of nitrogens with one attached hydrogen (secondary N) is 2. The third kappa shape index (κ3) is 4.80. The van der Waals surface area contributed by atoms with Crippen molar-refractivity contribution in [2.75, 3.05) is 26.2 Å². The maximum Gasteiger partial charge on any atom is 0.237 e. The van der Waals surface area contributed by atoms with Crippen LogP contribution in [0.15, 0.2) is 16.8 Å². The van der Waals surface area contributed by atoms with Gasteiger partial charge in [-0.15, -0.1) is 0 Å². The Morgan fingerprint density at radius 3 is 3.00 bits per heavy atom. The van der Waals surface area contributed by atoms with E-state index in [-0.39, 0.29) is 17.9 Å². The lowest BCUT2D eigenvalue weighted by Gasteiger charge is -2.33. The summed E-state index contributed by atoms with van der Waals surface area (Å²) in [6, 6.07) is 2.07. The van der Waals surface area contributed by atoms with E-state index >= 15 is 0 Å². The summed E-state index contributed by atoms with van der Waals surface area (Å²) >= 11 is 1.68. The second kappa shape index (κ2) is 8.62. The third-order valence-corrected chi connectivity index (χ3v) is 5.75. The van der Waals surface area contributed by atoms with Gasteiger partial charge in [-0.1, -0.05) is 0 Å². The normalized spacial score (nSPS) is 24.1. The lowest BCUT2D eigenvalue weighted by Crippen LogP contribution is -2.46. The summed E-state index contributed by atoms with van der Waals surface area (Å²) in [4.78, 5) is 26.5. The van der Waals surface area contributed by atoms with Gasteiger partial charge in [-0.3, -0.25) is 9.59 Å². The molecule has 0 bridgehead atoms. The van der Waals surface area contributed by atoms with E-state index in [0.717, 1.165) is 51.7 Å². The van der Waals surface area contributed by atoms with Crippen LogP contribution in [0.2, 0.25) is 0 Å². The van der Waals surface area contributed by atoms with Crippen molar-refractivity contribution in [1.82, 2.24) is 15.5 Å². The number of piperidine rings is 1. The minimum absolute atomic E-state index is 0.0167. The topological polar surface area (TPSA) is 61.4 Å². The molecular formula is C18H27N3O2S. The molecule has 2 saturated heterocycles. The number of likely N-dealkylation sites (tertiary alicyclic amines) is 1. The van der Waals surface area contributed by atoms with Crippen LogP contribution >= 0.6 is 11.3 Å². The average molecular weight is 350 g/mol. The van der Waals surface area contributed by atoms with Crippen LogP contribution in [0, 0.1) is 5.92 Å². The van der Waals surface area contributed by atoms with Crippen LogP contribution in [0.1, 0.15) is 37.7 Å². The maximum atomic E-state index is 12.4. The van der Waals surface area contributed by atoms with Gasteiger partial charge in [-0.05, 0) is 67.0 Å². The SMILES string of the molecule is O=C(NC[C@@H]1CCCN(C(=O)CCc2ccsc2)C1)[C@@H]1CCCN1. The molecule has 2 fully saturated rings. The van der Waals surface area contributed by atoms with Gasteiger partial charge in [0.1, 0.15) is 0 Å². The van der Waals surface area contributed by atoms with Gasteiger partial charge < -0.3 is 15.5 Å². The number of aryl methyl sites for hydroxylation is 1. The molecule has 5 nitrogen and oxygen atoms in total. The molecule has 2 atom stereocenters. The fraction of sp³-hybridized carbons (Fsp3) is 0.667. The highest BCUT2D eigenvalue weighted by Gasteiger charge is 2.26. The molecule has 0 radical (unpaired) electrons. The van der Waals surface area contributed by atoms with E-state index in [9.17, 15) is 9.59 Å². The van der Waals surface area contributed by atoms with Crippen molar-refractivity contribution >= 4 is 23.2 Å². The standard InChI is InChI=1S/C18H27N3O2S/c22-17(6-5-14-7-10-24-13-14)21-9-2-3-15(12-21)11-20-18(23)16-4-1-8-19-16/h7,10,13,15-16,19H,1-6,8-9,11-12H2,(H,20,23)/t15-,16-/m0/s1. The molecular weight excluding hydrogens is 322 g/mol. The van der Waals surface area contributed by atoms with E-state index < -0.39 is 0 Å². The molecule has 0 saturated carbocycles. The maximum absolute atomic E-state index is 12.4. The summed E-state index contributed by atoms with van der Waals surface area (Å²) in [5, 5.41) is 10.5. The van der Waals surface area contributed by atoms with Gasteiger partial charge >= 0.3 is 0 Å². The van der Waals surface area contributed by atoms with E-state index in [0.29, 0.717) is 18.9 Å². The predicted molar refractivity (Wildman–Crippen MR) is 96.0 cm³/mol. The van der Waals surface area contributed by atoms with Gasteiger partial charge in [0.15, 0.2) is 0 Å². The van der Waals surface area contributed by atoms with Crippen LogP contribution in [0.3, 0.4) is 0 Å². The van der Waals surface area contributed by atoms with Crippen molar-refractivity contribution in [3.8, 4) is 0 Å². The number of nitrogens with zero attached hydrogens (tertiary/aromatic N) is 1. The Bertz CT molecular complexity index is 540. The molecule has 0 spiro atoms. The van der Waals surface area contributed by atoms with Gasteiger partial charge in [0.25, 0.3) is 0 Å². The number of rotatable bonds is 6. The summed E-state index contributed by atoms with van der Waals surface area (Å²) < 4.78 is 0. The number of amides is 2. The first-order chi connectivity index (χ1) is 11.7. The highest BCUT2D eigenvalue weighted by atomic mass is 32.1. The van der Waals surface area contributed by atoms with Crippen LogP contribution in [-0.4, -0.2) is 48.9 Å². The van der Waals surface area contributed by atoms with Gasteiger partial charge in [-0.2, -0.15) is 11.3 Å². The Kier molecular flexibility index (Phi) is 6.26. The fourth-order valence-electron chi connectivity index (χ4n) is 3.58. The summed E-state index contributed by atoms with van der Waals surface area (Å²) in [5.74, 6) is 0.747. The van der Waals surface area contributed by atoms with Crippen LogP contribution in [-0.2, 0) is 16.0 Å². The Morgan fingerprint density at radius 2 is 2.25 bits per heavy atom. The number of carbonyl (C=O) groups excluding carboxylic acids is 2. The van der Waals surface area contributed by atoms with Crippen LogP contribution in [0.25, 0.3) is 0 Å². The Balaban J connectivity index is 1.40. The van der Waals surface area contributed by atoms with E-state index in [1.165, 1.54) is 5.56 Å². The molecule has 2 amide bonds. The van der Waals surface area contributed by atoms with E-state index in [1.807, 2.05) is 4.90 Å². The number of hydrogen-bond acceptors (Lipinski definition) is 4. The quantitative estimate of drug-likeness (QED) is 0.823. The zero-order valence-electron chi connectivity index (χ0n) is 14.1. The molecule has 1 aromatic rings. The van der Waals surface area contributed by atoms with Crippen molar-refractivity contribution in [2.45, 2.75) is 44.6 Å². The van der Waals surface area contributed by atoms with Crippen molar-refractivity contribution in [2.24, 2.45) is 5.92 Å². The Hall–Kier alpha value is -1.40. The molecule has 6 heteroatoms. The van der Waals surface area contributed by atoms with Crippen molar-refractivity contribution in [3.63, 3.8) is 0 Å². The third-order valence-electron chi connectivity index (χ3n) is 5.02. The summed E-state index contributed by atoms with van der Waals surface area (Å²) in [6.45, 7) is 3.26. The zero-order valence-corrected chi connectivity index (χ0v) is 14.9.